The average Bonchev–Trinajstić information content (AvgIpc) is 3.29. The van der Waals surface area contributed by atoms with E-state index >= 15 is 0 Å². The summed E-state index contributed by atoms with van der Waals surface area (Å²) in [6.45, 7) is 9.79. The third-order valence-corrected chi connectivity index (χ3v) is 6.94. The summed E-state index contributed by atoms with van der Waals surface area (Å²) in [5, 5.41) is 0. The van der Waals surface area contributed by atoms with Crippen LogP contribution in [0.2, 0.25) is 0 Å². The Kier molecular flexibility index (Phi) is 6.22. The molecule has 2 heterocycles. The molecule has 1 aromatic rings. The molecule has 1 aliphatic carbocycles. The maximum absolute atomic E-state index is 12.8. The highest BCUT2D eigenvalue weighted by Crippen LogP contribution is 2.37. The zero-order valence-electron chi connectivity index (χ0n) is 17.3. The van der Waals surface area contributed by atoms with E-state index in [0.29, 0.717) is 13.2 Å². The summed E-state index contributed by atoms with van der Waals surface area (Å²) >= 11 is 0. The summed E-state index contributed by atoms with van der Waals surface area (Å²) < 4.78 is 11.5. The number of amides is 1. The van der Waals surface area contributed by atoms with Gasteiger partial charge < -0.3 is 19.3 Å². The van der Waals surface area contributed by atoms with Crippen molar-refractivity contribution < 1.29 is 14.3 Å². The molecular formula is C23H34N2O3. The molecule has 4 atom stereocenters. The predicted molar refractivity (Wildman–Crippen MR) is 110 cm³/mol. The second kappa shape index (κ2) is 8.83. The van der Waals surface area contributed by atoms with Crippen LogP contribution in [0.3, 0.4) is 0 Å². The fourth-order valence-corrected chi connectivity index (χ4v) is 5.07. The summed E-state index contributed by atoms with van der Waals surface area (Å²) in [6.07, 6.45) is 5.45. The Morgan fingerprint density at radius 3 is 2.57 bits per heavy atom. The van der Waals surface area contributed by atoms with Crippen LogP contribution in [0.1, 0.15) is 49.9 Å². The molecule has 4 unspecified atom stereocenters. The third kappa shape index (κ3) is 4.36. The number of carbonyl (C=O) groups excluding carboxylic acids is 1. The van der Waals surface area contributed by atoms with Crippen LogP contribution in [-0.4, -0.2) is 67.2 Å². The molecule has 1 saturated carbocycles. The van der Waals surface area contributed by atoms with Crippen molar-refractivity contribution >= 4 is 5.91 Å². The van der Waals surface area contributed by atoms with Gasteiger partial charge in [0.1, 0.15) is 5.75 Å². The lowest BCUT2D eigenvalue weighted by Crippen LogP contribution is -2.51. The molecular weight excluding hydrogens is 352 g/mol. The highest BCUT2D eigenvalue weighted by Gasteiger charge is 2.35. The van der Waals surface area contributed by atoms with Crippen LogP contribution in [-0.2, 0) is 4.74 Å². The largest absolute Gasteiger partial charge is 0.494 e. The van der Waals surface area contributed by atoms with E-state index in [1.807, 2.05) is 43.0 Å². The lowest BCUT2D eigenvalue weighted by Gasteiger charge is -2.37. The topological polar surface area (TPSA) is 42.0 Å². The van der Waals surface area contributed by atoms with Crippen molar-refractivity contribution in [1.82, 2.24) is 9.80 Å². The SMILES string of the molecule is CC1OCCN(C(=O)c2ccc(OCCCN3CC4CCCC4C3)cc2)C1C. The molecule has 5 heteroatoms. The van der Waals surface area contributed by atoms with Crippen LogP contribution in [0.4, 0.5) is 0 Å². The minimum absolute atomic E-state index is 0.0776. The van der Waals surface area contributed by atoms with Gasteiger partial charge in [-0.3, -0.25) is 4.79 Å². The first-order chi connectivity index (χ1) is 13.6. The Labute approximate surface area is 169 Å². The predicted octanol–water partition coefficient (Wildman–Crippen LogP) is 3.44. The highest BCUT2D eigenvalue weighted by molar-refractivity contribution is 5.94. The number of benzene rings is 1. The number of ether oxygens (including phenoxy) is 2. The highest BCUT2D eigenvalue weighted by atomic mass is 16.5. The van der Waals surface area contributed by atoms with E-state index in [1.54, 1.807) is 0 Å². The molecule has 1 aromatic carbocycles. The molecule has 0 radical (unpaired) electrons. The number of fused-ring (bicyclic) bond motifs is 1. The average molecular weight is 387 g/mol. The first kappa shape index (κ1) is 19.7. The van der Waals surface area contributed by atoms with Gasteiger partial charge in [-0.05, 0) is 69.2 Å². The minimum atomic E-state index is 0.0776. The van der Waals surface area contributed by atoms with Crippen LogP contribution in [0.25, 0.3) is 0 Å². The Balaban J connectivity index is 1.21. The van der Waals surface area contributed by atoms with Crippen LogP contribution >= 0.6 is 0 Å². The Hall–Kier alpha value is -1.59. The van der Waals surface area contributed by atoms with Crippen LogP contribution in [0.5, 0.6) is 5.75 Å². The lowest BCUT2D eigenvalue weighted by atomic mass is 10.0. The number of carbonyl (C=O) groups is 1. The molecule has 0 aromatic heterocycles. The fourth-order valence-electron chi connectivity index (χ4n) is 5.07. The molecule has 28 heavy (non-hydrogen) atoms. The zero-order chi connectivity index (χ0) is 19.5. The summed E-state index contributed by atoms with van der Waals surface area (Å²) in [4.78, 5) is 17.3. The maximum atomic E-state index is 12.8. The van der Waals surface area contributed by atoms with E-state index in [-0.39, 0.29) is 18.1 Å². The normalized spacial score (nSPS) is 30.4. The van der Waals surface area contributed by atoms with Crippen LogP contribution < -0.4 is 4.74 Å². The molecule has 154 valence electrons. The van der Waals surface area contributed by atoms with Crippen molar-refractivity contribution in [1.29, 1.82) is 0 Å². The minimum Gasteiger partial charge on any atom is -0.494 e. The van der Waals surface area contributed by atoms with E-state index in [0.717, 1.165) is 42.7 Å². The van der Waals surface area contributed by atoms with E-state index in [1.165, 1.54) is 32.4 Å². The Morgan fingerprint density at radius 2 is 1.86 bits per heavy atom. The summed E-state index contributed by atoms with van der Waals surface area (Å²) in [5.74, 6) is 2.85. The molecule has 2 aliphatic heterocycles. The van der Waals surface area contributed by atoms with E-state index in [2.05, 4.69) is 4.90 Å². The molecule has 1 amide bonds. The van der Waals surface area contributed by atoms with Crippen molar-refractivity contribution in [3.8, 4) is 5.75 Å². The van der Waals surface area contributed by atoms with E-state index in [4.69, 9.17) is 9.47 Å². The number of hydrogen-bond donors (Lipinski definition) is 0. The molecule has 0 bridgehead atoms. The van der Waals surface area contributed by atoms with Gasteiger partial charge in [0.15, 0.2) is 0 Å². The van der Waals surface area contributed by atoms with Crippen molar-refractivity contribution in [2.45, 2.75) is 51.7 Å². The van der Waals surface area contributed by atoms with Gasteiger partial charge in [-0.2, -0.15) is 0 Å². The molecule has 4 rings (SSSR count). The number of hydrogen-bond acceptors (Lipinski definition) is 4. The molecule has 5 nitrogen and oxygen atoms in total. The smallest absolute Gasteiger partial charge is 0.254 e. The Morgan fingerprint density at radius 1 is 1.14 bits per heavy atom. The molecule has 0 spiro atoms. The number of rotatable bonds is 6. The summed E-state index contributed by atoms with van der Waals surface area (Å²) in [5.41, 5.74) is 0.719. The number of likely N-dealkylation sites (tertiary alicyclic amines) is 1. The summed E-state index contributed by atoms with van der Waals surface area (Å²) in [7, 11) is 0. The standard InChI is InChI=1S/C23H34N2O3/c1-17-18(2)27-14-12-25(17)23(26)19-7-9-22(10-8-19)28-13-4-11-24-15-20-5-3-6-21(20)16-24/h7-10,17-18,20-21H,3-6,11-16H2,1-2H3. The van der Waals surface area contributed by atoms with Crippen molar-refractivity contribution in [3.05, 3.63) is 29.8 Å². The zero-order valence-corrected chi connectivity index (χ0v) is 17.3. The van der Waals surface area contributed by atoms with Gasteiger partial charge >= 0.3 is 0 Å². The second-order valence-corrected chi connectivity index (χ2v) is 8.75. The third-order valence-electron chi connectivity index (χ3n) is 6.94. The Bertz CT molecular complexity index is 650. The fraction of sp³-hybridized carbons (Fsp3) is 0.696. The first-order valence-electron chi connectivity index (χ1n) is 11.0. The molecule has 0 N–H and O–H groups in total. The maximum Gasteiger partial charge on any atom is 0.254 e. The number of nitrogens with zero attached hydrogens (tertiary/aromatic N) is 2. The van der Waals surface area contributed by atoms with Gasteiger partial charge in [-0.15, -0.1) is 0 Å². The number of morpholine rings is 1. The quantitative estimate of drug-likeness (QED) is 0.703. The summed E-state index contributed by atoms with van der Waals surface area (Å²) in [6, 6.07) is 7.70. The van der Waals surface area contributed by atoms with Crippen LogP contribution in [0, 0.1) is 11.8 Å². The van der Waals surface area contributed by atoms with Crippen LogP contribution in [0.15, 0.2) is 24.3 Å². The molecule has 3 aliphatic rings. The first-order valence-corrected chi connectivity index (χ1v) is 11.0. The van der Waals surface area contributed by atoms with Crippen molar-refractivity contribution in [3.63, 3.8) is 0 Å². The van der Waals surface area contributed by atoms with Gasteiger partial charge in [0.25, 0.3) is 5.91 Å². The molecule has 2 saturated heterocycles. The van der Waals surface area contributed by atoms with Crippen molar-refractivity contribution in [2.24, 2.45) is 11.8 Å². The second-order valence-electron chi connectivity index (χ2n) is 8.75. The van der Waals surface area contributed by atoms with E-state index in [9.17, 15) is 4.79 Å². The monoisotopic (exact) mass is 386 g/mol. The van der Waals surface area contributed by atoms with Crippen molar-refractivity contribution in [2.75, 3.05) is 39.4 Å². The van der Waals surface area contributed by atoms with Gasteiger partial charge in [0, 0.05) is 31.7 Å². The van der Waals surface area contributed by atoms with Gasteiger partial charge in [-0.1, -0.05) is 6.42 Å². The van der Waals surface area contributed by atoms with E-state index < -0.39 is 0 Å². The van der Waals surface area contributed by atoms with Gasteiger partial charge in [0.05, 0.1) is 25.4 Å². The van der Waals surface area contributed by atoms with Gasteiger partial charge in [0.2, 0.25) is 0 Å². The molecule has 3 fully saturated rings. The lowest BCUT2D eigenvalue weighted by molar-refractivity contribution is -0.0440. The van der Waals surface area contributed by atoms with Gasteiger partial charge in [-0.25, -0.2) is 0 Å².